The van der Waals surface area contributed by atoms with Gasteiger partial charge in [-0.05, 0) is 57.2 Å². The second kappa shape index (κ2) is 7.04. The van der Waals surface area contributed by atoms with Crippen molar-refractivity contribution in [3.8, 4) is 0 Å². The van der Waals surface area contributed by atoms with Crippen molar-refractivity contribution in [2.45, 2.75) is 76.9 Å². The maximum atomic E-state index is 12.7. The Morgan fingerprint density at radius 2 is 1.70 bits per heavy atom. The lowest BCUT2D eigenvalue weighted by atomic mass is 9.92. The highest BCUT2D eigenvalue weighted by molar-refractivity contribution is 5.84. The summed E-state index contributed by atoms with van der Waals surface area (Å²) in [5, 5.41) is 4.61. The standard InChI is InChI=1S/C21H32N4O2/c1-21(2,3)18-6-7-19(26)25(22-18)14-15-8-11-23(12-9-15)17-10-13-24(20(17)27)16-4-5-16/h6-7,15-17H,4-5,8-14H2,1-3H3. The third-order valence-electron chi connectivity index (χ3n) is 6.36. The van der Waals surface area contributed by atoms with Crippen molar-refractivity contribution in [2.75, 3.05) is 19.6 Å². The largest absolute Gasteiger partial charge is 0.338 e. The molecule has 2 aliphatic heterocycles. The Labute approximate surface area is 161 Å². The first-order valence-electron chi connectivity index (χ1n) is 10.5. The van der Waals surface area contributed by atoms with Crippen LogP contribution in [0.5, 0.6) is 0 Å². The van der Waals surface area contributed by atoms with Crippen LogP contribution >= 0.6 is 0 Å². The summed E-state index contributed by atoms with van der Waals surface area (Å²) in [6.07, 6.45) is 5.42. The zero-order chi connectivity index (χ0) is 19.2. The number of likely N-dealkylation sites (tertiary alicyclic amines) is 2. The van der Waals surface area contributed by atoms with E-state index in [4.69, 9.17) is 0 Å². The zero-order valence-electron chi connectivity index (χ0n) is 16.9. The first-order valence-corrected chi connectivity index (χ1v) is 10.5. The molecule has 0 N–H and O–H groups in total. The van der Waals surface area contributed by atoms with Crippen molar-refractivity contribution >= 4 is 5.91 Å². The molecule has 148 valence electrons. The van der Waals surface area contributed by atoms with Crippen LogP contribution in [-0.4, -0.2) is 57.2 Å². The molecule has 1 saturated carbocycles. The van der Waals surface area contributed by atoms with Crippen molar-refractivity contribution in [3.63, 3.8) is 0 Å². The Kier molecular flexibility index (Phi) is 4.87. The van der Waals surface area contributed by atoms with Gasteiger partial charge in [-0.25, -0.2) is 4.68 Å². The van der Waals surface area contributed by atoms with Crippen LogP contribution in [0.25, 0.3) is 0 Å². The number of amides is 1. The SMILES string of the molecule is CC(C)(C)c1ccc(=O)n(CC2CCN(C3CCN(C4CC4)C3=O)CC2)n1. The fourth-order valence-corrected chi connectivity index (χ4v) is 4.45. The normalized spacial score (nSPS) is 25.4. The summed E-state index contributed by atoms with van der Waals surface area (Å²) in [5.41, 5.74) is 0.877. The van der Waals surface area contributed by atoms with Gasteiger partial charge in [0, 0.05) is 30.6 Å². The topological polar surface area (TPSA) is 58.4 Å². The average molecular weight is 373 g/mol. The lowest BCUT2D eigenvalue weighted by Gasteiger charge is -2.35. The molecular formula is C21H32N4O2. The third-order valence-corrected chi connectivity index (χ3v) is 6.36. The lowest BCUT2D eigenvalue weighted by molar-refractivity contribution is -0.133. The number of carbonyl (C=O) groups is 1. The van der Waals surface area contributed by atoms with Gasteiger partial charge in [-0.2, -0.15) is 5.10 Å². The predicted octanol–water partition coefficient (Wildman–Crippen LogP) is 2.02. The fraction of sp³-hybridized carbons (Fsp3) is 0.762. The number of hydrogen-bond donors (Lipinski definition) is 0. The minimum atomic E-state index is -0.0604. The summed E-state index contributed by atoms with van der Waals surface area (Å²) in [7, 11) is 0. The molecular weight excluding hydrogens is 340 g/mol. The smallest absolute Gasteiger partial charge is 0.266 e. The van der Waals surface area contributed by atoms with Gasteiger partial charge in [0.05, 0.1) is 11.7 Å². The second-order valence-corrected chi connectivity index (χ2v) is 9.54. The number of aromatic nitrogens is 2. The molecule has 1 aliphatic carbocycles. The summed E-state index contributed by atoms with van der Waals surface area (Å²) < 4.78 is 1.65. The van der Waals surface area contributed by atoms with E-state index in [-0.39, 0.29) is 17.0 Å². The van der Waals surface area contributed by atoms with Crippen LogP contribution in [0.3, 0.4) is 0 Å². The fourth-order valence-electron chi connectivity index (χ4n) is 4.45. The van der Waals surface area contributed by atoms with Crippen LogP contribution in [0.2, 0.25) is 0 Å². The molecule has 1 unspecified atom stereocenters. The first kappa shape index (κ1) is 18.7. The zero-order valence-corrected chi connectivity index (χ0v) is 16.9. The van der Waals surface area contributed by atoms with Crippen LogP contribution in [0.15, 0.2) is 16.9 Å². The quantitative estimate of drug-likeness (QED) is 0.811. The molecule has 1 atom stereocenters. The highest BCUT2D eigenvalue weighted by atomic mass is 16.2. The first-order chi connectivity index (χ1) is 12.8. The minimum absolute atomic E-state index is 0.0172. The Bertz CT molecular complexity index is 754. The Morgan fingerprint density at radius 3 is 2.33 bits per heavy atom. The van der Waals surface area contributed by atoms with Crippen molar-refractivity contribution in [2.24, 2.45) is 5.92 Å². The number of nitrogens with zero attached hydrogens (tertiary/aromatic N) is 4. The van der Waals surface area contributed by atoms with E-state index in [1.54, 1.807) is 10.7 Å². The van der Waals surface area contributed by atoms with Crippen LogP contribution in [0.4, 0.5) is 0 Å². The molecule has 1 aromatic heterocycles. The molecule has 6 heteroatoms. The summed E-state index contributed by atoms with van der Waals surface area (Å²) >= 11 is 0. The van der Waals surface area contributed by atoms with E-state index in [0.717, 1.165) is 44.6 Å². The Morgan fingerprint density at radius 1 is 1.00 bits per heavy atom. The van der Waals surface area contributed by atoms with Crippen molar-refractivity contribution in [1.29, 1.82) is 0 Å². The van der Waals surface area contributed by atoms with Crippen molar-refractivity contribution in [3.05, 3.63) is 28.2 Å². The molecule has 0 radical (unpaired) electrons. The second-order valence-electron chi connectivity index (χ2n) is 9.54. The van der Waals surface area contributed by atoms with E-state index in [1.807, 2.05) is 6.07 Å². The molecule has 3 fully saturated rings. The van der Waals surface area contributed by atoms with Crippen molar-refractivity contribution in [1.82, 2.24) is 19.6 Å². The van der Waals surface area contributed by atoms with Gasteiger partial charge in [0.1, 0.15) is 0 Å². The van der Waals surface area contributed by atoms with Gasteiger partial charge in [0.25, 0.3) is 5.56 Å². The van der Waals surface area contributed by atoms with Crippen LogP contribution in [-0.2, 0) is 16.8 Å². The van der Waals surface area contributed by atoms with Gasteiger partial charge in [0.2, 0.25) is 5.91 Å². The van der Waals surface area contributed by atoms with E-state index in [9.17, 15) is 9.59 Å². The molecule has 0 spiro atoms. The summed E-state index contributed by atoms with van der Waals surface area (Å²) in [4.78, 5) is 29.4. The Balaban J connectivity index is 1.35. The van der Waals surface area contributed by atoms with E-state index in [0.29, 0.717) is 24.4 Å². The van der Waals surface area contributed by atoms with Gasteiger partial charge in [-0.1, -0.05) is 20.8 Å². The van der Waals surface area contributed by atoms with E-state index in [1.165, 1.54) is 12.8 Å². The third kappa shape index (κ3) is 3.96. The molecule has 4 rings (SSSR count). The van der Waals surface area contributed by atoms with Gasteiger partial charge < -0.3 is 4.90 Å². The molecule has 0 bridgehead atoms. The van der Waals surface area contributed by atoms with Gasteiger partial charge in [-0.15, -0.1) is 0 Å². The maximum Gasteiger partial charge on any atom is 0.266 e. The molecule has 2 saturated heterocycles. The van der Waals surface area contributed by atoms with Crippen LogP contribution in [0.1, 0.15) is 58.6 Å². The van der Waals surface area contributed by atoms with Crippen LogP contribution < -0.4 is 5.56 Å². The van der Waals surface area contributed by atoms with Gasteiger partial charge in [-0.3, -0.25) is 14.5 Å². The monoisotopic (exact) mass is 372 g/mol. The number of rotatable bonds is 4. The molecule has 3 aliphatic rings. The molecule has 3 heterocycles. The number of piperidine rings is 1. The number of carbonyl (C=O) groups excluding carboxylic acids is 1. The summed E-state index contributed by atoms with van der Waals surface area (Å²) in [6, 6.07) is 4.12. The summed E-state index contributed by atoms with van der Waals surface area (Å²) in [5.74, 6) is 0.810. The van der Waals surface area contributed by atoms with Gasteiger partial charge in [0.15, 0.2) is 0 Å². The molecule has 1 aromatic rings. The van der Waals surface area contributed by atoms with E-state index >= 15 is 0 Å². The highest BCUT2D eigenvalue weighted by Crippen LogP contribution is 2.33. The molecule has 6 nitrogen and oxygen atoms in total. The van der Waals surface area contributed by atoms with Crippen molar-refractivity contribution < 1.29 is 4.79 Å². The minimum Gasteiger partial charge on any atom is -0.338 e. The molecule has 27 heavy (non-hydrogen) atoms. The van der Waals surface area contributed by atoms with E-state index < -0.39 is 0 Å². The molecule has 0 aromatic carbocycles. The average Bonchev–Trinajstić information content (AvgIpc) is 3.39. The van der Waals surface area contributed by atoms with E-state index in [2.05, 4.69) is 35.7 Å². The highest BCUT2D eigenvalue weighted by Gasteiger charge is 2.43. The number of hydrogen-bond acceptors (Lipinski definition) is 4. The molecule has 1 amide bonds. The van der Waals surface area contributed by atoms with Gasteiger partial charge >= 0.3 is 0 Å². The Hall–Kier alpha value is -1.69. The predicted molar refractivity (Wildman–Crippen MR) is 105 cm³/mol. The lowest BCUT2D eigenvalue weighted by Crippen LogP contribution is -2.46. The summed E-state index contributed by atoms with van der Waals surface area (Å²) in [6.45, 7) is 9.88. The van der Waals surface area contributed by atoms with Crippen LogP contribution in [0, 0.1) is 5.92 Å². The maximum absolute atomic E-state index is 12.7.